The van der Waals surface area contributed by atoms with Crippen LogP contribution in [0.15, 0.2) is 48.8 Å². The Hall–Kier alpha value is -2.40. The zero-order valence-electron chi connectivity index (χ0n) is 11.4. The zero-order valence-corrected chi connectivity index (χ0v) is 12.2. The van der Waals surface area contributed by atoms with E-state index in [1.165, 1.54) is 6.20 Å². The normalized spacial score (nSPS) is 9.38. The van der Waals surface area contributed by atoms with E-state index in [1.807, 2.05) is 0 Å². The summed E-state index contributed by atoms with van der Waals surface area (Å²) in [5.74, 6) is -0.625. The molecule has 0 spiro atoms. The first-order chi connectivity index (χ1) is 9.70. The van der Waals surface area contributed by atoms with Gasteiger partial charge in [0.2, 0.25) is 0 Å². The first-order valence-electron chi connectivity index (χ1n) is 6.19. The Morgan fingerprint density at radius 3 is 2.43 bits per heavy atom. The van der Waals surface area contributed by atoms with E-state index in [1.54, 1.807) is 49.5 Å². The quantitative estimate of drug-likeness (QED) is 0.882. The number of anilines is 1. The van der Waals surface area contributed by atoms with Crippen molar-refractivity contribution in [1.29, 1.82) is 0 Å². The molecule has 2 aromatic rings. The zero-order chi connectivity index (χ0) is 14.4. The van der Waals surface area contributed by atoms with Gasteiger partial charge >= 0.3 is 5.97 Å². The van der Waals surface area contributed by atoms with Crippen LogP contribution in [0.5, 0.6) is 0 Å². The van der Waals surface area contributed by atoms with Crippen LogP contribution in [0.25, 0.3) is 0 Å². The van der Waals surface area contributed by atoms with Gasteiger partial charge in [-0.2, -0.15) is 0 Å². The number of esters is 1. The average molecular weight is 307 g/mol. The molecule has 0 radical (unpaired) electrons. The number of halogens is 1. The molecule has 0 unspecified atom stereocenters. The van der Waals surface area contributed by atoms with Crippen LogP contribution in [0.3, 0.4) is 0 Å². The van der Waals surface area contributed by atoms with Crippen LogP contribution in [0.4, 0.5) is 5.69 Å². The number of carbonyl (C=O) groups excluding carboxylic acids is 2. The van der Waals surface area contributed by atoms with Crippen molar-refractivity contribution in [3.05, 3.63) is 59.9 Å². The third-order valence-corrected chi connectivity index (χ3v) is 2.58. The SMILES string of the molecule is CCOC(=O)c1ccc(NC(=O)c2cccnc2)cc1.Cl. The lowest BCUT2D eigenvalue weighted by Crippen LogP contribution is -2.12. The summed E-state index contributed by atoms with van der Waals surface area (Å²) in [7, 11) is 0. The standard InChI is InChI=1S/C15H14N2O3.ClH/c1-2-20-15(19)11-5-7-13(8-6-11)17-14(18)12-4-3-9-16-10-12;/h3-10H,2H2,1H3,(H,17,18);1H. The summed E-state index contributed by atoms with van der Waals surface area (Å²) < 4.78 is 4.88. The van der Waals surface area contributed by atoms with E-state index in [9.17, 15) is 9.59 Å². The fraction of sp³-hybridized carbons (Fsp3) is 0.133. The minimum atomic E-state index is -0.377. The Morgan fingerprint density at radius 1 is 1.14 bits per heavy atom. The van der Waals surface area contributed by atoms with E-state index >= 15 is 0 Å². The maximum Gasteiger partial charge on any atom is 0.338 e. The van der Waals surface area contributed by atoms with Crippen LogP contribution in [-0.4, -0.2) is 23.5 Å². The Bertz CT molecular complexity index is 600. The molecule has 110 valence electrons. The molecule has 0 aliphatic rings. The van der Waals surface area contributed by atoms with Crippen LogP contribution >= 0.6 is 12.4 Å². The van der Waals surface area contributed by atoms with E-state index in [-0.39, 0.29) is 24.3 Å². The Balaban J connectivity index is 0.00000220. The molecule has 21 heavy (non-hydrogen) atoms. The number of benzene rings is 1. The average Bonchev–Trinajstić information content (AvgIpc) is 2.49. The molecule has 1 aromatic carbocycles. The third kappa shape index (κ3) is 4.57. The van der Waals surface area contributed by atoms with Gasteiger partial charge in [-0.1, -0.05) is 0 Å². The minimum absolute atomic E-state index is 0. The van der Waals surface area contributed by atoms with Crippen LogP contribution in [0.1, 0.15) is 27.6 Å². The molecule has 2 rings (SSSR count). The molecule has 0 saturated carbocycles. The number of hydrogen-bond donors (Lipinski definition) is 1. The molecule has 5 nitrogen and oxygen atoms in total. The van der Waals surface area contributed by atoms with Gasteiger partial charge in [0.15, 0.2) is 0 Å². The molecule has 1 amide bonds. The molecule has 0 fully saturated rings. The van der Waals surface area contributed by atoms with Gasteiger partial charge in [-0.3, -0.25) is 9.78 Å². The van der Waals surface area contributed by atoms with Crippen LogP contribution in [-0.2, 0) is 4.74 Å². The topological polar surface area (TPSA) is 68.3 Å². The molecule has 0 bridgehead atoms. The first kappa shape index (κ1) is 16.7. The van der Waals surface area contributed by atoms with Gasteiger partial charge in [0.25, 0.3) is 5.91 Å². The van der Waals surface area contributed by atoms with Crippen molar-refractivity contribution < 1.29 is 14.3 Å². The van der Waals surface area contributed by atoms with Crippen molar-refractivity contribution >= 4 is 30.0 Å². The molecule has 1 heterocycles. The molecule has 1 N–H and O–H groups in total. The molecule has 0 aliphatic carbocycles. The molecule has 0 atom stereocenters. The number of rotatable bonds is 4. The summed E-state index contributed by atoms with van der Waals surface area (Å²) in [6, 6.07) is 9.89. The third-order valence-electron chi connectivity index (χ3n) is 2.58. The lowest BCUT2D eigenvalue weighted by Gasteiger charge is -2.06. The van der Waals surface area contributed by atoms with E-state index in [0.29, 0.717) is 23.4 Å². The highest BCUT2D eigenvalue weighted by atomic mass is 35.5. The number of carbonyl (C=O) groups is 2. The van der Waals surface area contributed by atoms with Crippen LogP contribution in [0.2, 0.25) is 0 Å². The summed E-state index contributed by atoms with van der Waals surface area (Å²) in [6.45, 7) is 2.08. The lowest BCUT2D eigenvalue weighted by molar-refractivity contribution is 0.0526. The number of amides is 1. The first-order valence-corrected chi connectivity index (χ1v) is 6.19. The summed E-state index contributed by atoms with van der Waals surface area (Å²) >= 11 is 0. The van der Waals surface area contributed by atoms with Gasteiger partial charge in [0, 0.05) is 18.1 Å². The fourth-order valence-electron chi connectivity index (χ4n) is 1.60. The maximum absolute atomic E-state index is 11.9. The molecule has 0 saturated heterocycles. The number of ether oxygens (including phenoxy) is 1. The second-order valence-corrected chi connectivity index (χ2v) is 3.99. The summed E-state index contributed by atoms with van der Waals surface area (Å²) in [6.07, 6.45) is 3.09. The predicted molar refractivity (Wildman–Crippen MR) is 81.8 cm³/mol. The van der Waals surface area contributed by atoms with Gasteiger partial charge in [0.05, 0.1) is 17.7 Å². The van der Waals surface area contributed by atoms with Crippen molar-refractivity contribution in [3.8, 4) is 0 Å². The van der Waals surface area contributed by atoms with Crippen molar-refractivity contribution in [2.75, 3.05) is 11.9 Å². The molecule has 6 heteroatoms. The van der Waals surface area contributed by atoms with Gasteiger partial charge in [0.1, 0.15) is 0 Å². The highest BCUT2D eigenvalue weighted by molar-refractivity contribution is 6.04. The van der Waals surface area contributed by atoms with Crippen molar-refractivity contribution in [1.82, 2.24) is 4.98 Å². The number of nitrogens with one attached hydrogen (secondary N) is 1. The van der Waals surface area contributed by atoms with E-state index in [2.05, 4.69) is 10.3 Å². The maximum atomic E-state index is 11.9. The summed E-state index contributed by atoms with van der Waals surface area (Å²) in [5, 5.41) is 2.73. The summed E-state index contributed by atoms with van der Waals surface area (Å²) in [5.41, 5.74) is 1.53. The van der Waals surface area contributed by atoms with Crippen molar-refractivity contribution in [3.63, 3.8) is 0 Å². The van der Waals surface area contributed by atoms with E-state index in [0.717, 1.165) is 0 Å². The number of nitrogens with zero attached hydrogens (tertiary/aromatic N) is 1. The number of pyridine rings is 1. The van der Waals surface area contributed by atoms with Crippen LogP contribution in [0, 0.1) is 0 Å². The Labute approximate surface area is 128 Å². The Morgan fingerprint density at radius 2 is 1.86 bits per heavy atom. The van der Waals surface area contributed by atoms with Crippen molar-refractivity contribution in [2.45, 2.75) is 6.92 Å². The molecule has 1 aromatic heterocycles. The number of hydrogen-bond acceptors (Lipinski definition) is 4. The van der Waals surface area contributed by atoms with Gasteiger partial charge < -0.3 is 10.1 Å². The summed E-state index contributed by atoms with van der Waals surface area (Å²) in [4.78, 5) is 27.3. The fourth-order valence-corrected chi connectivity index (χ4v) is 1.60. The number of aromatic nitrogens is 1. The molecular weight excluding hydrogens is 292 g/mol. The van der Waals surface area contributed by atoms with E-state index in [4.69, 9.17) is 4.74 Å². The molecular formula is C15H15ClN2O3. The van der Waals surface area contributed by atoms with Gasteiger partial charge in [-0.15, -0.1) is 12.4 Å². The predicted octanol–water partition coefficient (Wildman–Crippen LogP) is 2.93. The Kier molecular flexibility index (Phi) is 6.36. The smallest absolute Gasteiger partial charge is 0.338 e. The largest absolute Gasteiger partial charge is 0.462 e. The molecule has 0 aliphatic heterocycles. The van der Waals surface area contributed by atoms with E-state index < -0.39 is 0 Å². The highest BCUT2D eigenvalue weighted by Crippen LogP contribution is 2.12. The second kappa shape index (κ2) is 8.01. The second-order valence-electron chi connectivity index (χ2n) is 3.99. The van der Waals surface area contributed by atoms with Crippen molar-refractivity contribution in [2.24, 2.45) is 0 Å². The monoisotopic (exact) mass is 306 g/mol. The minimum Gasteiger partial charge on any atom is -0.462 e. The van der Waals surface area contributed by atoms with Crippen LogP contribution < -0.4 is 5.32 Å². The highest BCUT2D eigenvalue weighted by Gasteiger charge is 2.08. The van der Waals surface area contributed by atoms with Gasteiger partial charge in [-0.25, -0.2) is 4.79 Å². The lowest BCUT2D eigenvalue weighted by atomic mass is 10.2. The van der Waals surface area contributed by atoms with Gasteiger partial charge in [-0.05, 0) is 43.3 Å².